The lowest BCUT2D eigenvalue weighted by Crippen LogP contribution is -2.48. The summed E-state index contributed by atoms with van der Waals surface area (Å²) in [5.74, 6) is -1.18. The summed E-state index contributed by atoms with van der Waals surface area (Å²) < 4.78 is 0. The van der Waals surface area contributed by atoms with Gasteiger partial charge < -0.3 is 15.7 Å². The van der Waals surface area contributed by atoms with Crippen LogP contribution in [0.5, 0.6) is 0 Å². The highest BCUT2D eigenvalue weighted by atomic mass is 16.4. The Hall–Kier alpha value is -1.88. The minimum absolute atomic E-state index is 0.245. The van der Waals surface area contributed by atoms with E-state index in [1.165, 1.54) is 4.90 Å². The molecule has 5 nitrogen and oxygen atoms in total. The predicted molar refractivity (Wildman–Crippen MR) is 75.1 cm³/mol. The summed E-state index contributed by atoms with van der Waals surface area (Å²) in [6.07, 6.45) is 2.51. The number of nitrogens with zero attached hydrogens (tertiary/aromatic N) is 1. The van der Waals surface area contributed by atoms with E-state index in [2.05, 4.69) is 0 Å². The Morgan fingerprint density at radius 2 is 2.05 bits per heavy atom. The van der Waals surface area contributed by atoms with Gasteiger partial charge in [0.2, 0.25) is 5.91 Å². The quantitative estimate of drug-likeness (QED) is 0.841. The fraction of sp³-hybridized carbons (Fsp3) is 0.467. The Morgan fingerprint density at radius 3 is 2.70 bits per heavy atom. The lowest BCUT2D eigenvalue weighted by Gasteiger charge is -2.24. The summed E-state index contributed by atoms with van der Waals surface area (Å²) in [4.78, 5) is 24.7. The highest BCUT2D eigenvalue weighted by molar-refractivity contribution is 5.87. The molecular formula is C15H20N2O3. The summed E-state index contributed by atoms with van der Waals surface area (Å²) in [5, 5.41) is 9.09. The molecule has 1 fully saturated rings. The van der Waals surface area contributed by atoms with Crippen LogP contribution < -0.4 is 5.73 Å². The monoisotopic (exact) mass is 276 g/mol. The maximum atomic E-state index is 12.2. The Bertz CT molecular complexity index is 475. The number of carbonyl (C=O) groups is 2. The molecule has 3 N–H and O–H groups in total. The van der Waals surface area contributed by atoms with Crippen LogP contribution in [0.1, 0.15) is 24.8 Å². The van der Waals surface area contributed by atoms with Crippen LogP contribution >= 0.6 is 0 Å². The van der Waals surface area contributed by atoms with Gasteiger partial charge in [-0.1, -0.05) is 30.3 Å². The summed E-state index contributed by atoms with van der Waals surface area (Å²) in [6, 6.07) is 8.49. The number of carbonyl (C=O) groups excluding carboxylic acids is 1. The van der Waals surface area contributed by atoms with Crippen molar-refractivity contribution in [3.63, 3.8) is 0 Å². The number of aliphatic carboxylic acids is 1. The topological polar surface area (TPSA) is 83.6 Å². The third-order valence-corrected chi connectivity index (χ3v) is 3.72. The molecule has 1 heterocycles. The summed E-state index contributed by atoms with van der Waals surface area (Å²) in [7, 11) is 0. The van der Waals surface area contributed by atoms with Crippen LogP contribution in [0, 0.1) is 0 Å². The van der Waals surface area contributed by atoms with Crippen molar-refractivity contribution in [2.24, 2.45) is 5.73 Å². The lowest BCUT2D eigenvalue weighted by atomic mass is 10.0. The number of carboxylic acid groups (broad SMARTS) is 1. The minimum atomic E-state index is -0.939. The molecule has 2 atom stereocenters. The average Bonchev–Trinajstić information content (AvgIpc) is 2.94. The first-order valence-corrected chi connectivity index (χ1v) is 6.92. The molecule has 108 valence electrons. The van der Waals surface area contributed by atoms with Crippen LogP contribution in [0.2, 0.25) is 0 Å². The van der Waals surface area contributed by atoms with Crippen molar-refractivity contribution in [3.05, 3.63) is 35.9 Å². The Morgan fingerprint density at radius 1 is 1.35 bits per heavy atom. The van der Waals surface area contributed by atoms with E-state index in [1.807, 2.05) is 30.3 Å². The van der Waals surface area contributed by atoms with Gasteiger partial charge in [0.25, 0.3) is 0 Å². The zero-order chi connectivity index (χ0) is 14.5. The molecule has 1 saturated heterocycles. The molecule has 0 bridgehead atoms. The van der Waals surface area contributed by atoms with E-state index in [0.29, 0.717) is 19.4 Å². The average molecular weight is 276 g/mol. The summed E-state index contributed by atoms with van der Waals surface area (Å²) in [5.41, 5.74) is 7.05. The number of amides is 1. The summed E-state index contributed by atoms with van der Waals surface area (Å²) in [6.45, 7) is 0.495. The van der Waals surface area contributed by atoms with Gasteiger partial charge in [0.1, 0.15) is 6.04 Å². The van der Waals surface area contributed by atoms with Crippen LogP contribution in [0.4, 0.5) is 0 Å². The van der Waals surface area contributed by atoms with Gasteiger partial charge in [-0.05, 0) is 31.2 Å². The fourth-order valence-electron chi connectivity index (χ4n) is 2.59. The van der Waals surface area contributed by atoms with Crippen molar-refractivity contribution >= 4 is 11.9 Å². The van der Waals surface area contributed by atoms with Crippen molar-refractivity contribution < 1.29 is 14.7 Å². The zero-order valence-corrected chi connectivity index (χ0v) is 11.4. The van der Waals surface area contributed by atoms with E-state index in [9.17, 15) is 9.59 Å². The highest BCUT2D eigenvalue weighted by Crippen LogP contribution is 2.19. The number of likely N-dealkylation sites (tertiary alicyclic amines) is 1. The molecule has 0 saturated carbocycles. The van der Waals surface area contributed by atoms with Gasteiger partial charge in [-0.25, -0.2) is 4.79 Å². The molecule has 2 rings (SSSR count). The smallest absolute Gasteiger partial charge is 0.326 e. The molecule has 1 aliphatic heterocycles. The van der Waals surface area contributed by atoms with E-state index in [0.717, 1.165) is 18.4 Å². The molecule has 0 radical (unpaired) electrons. The SMILES string of the molecule is N[C@@H](CCc1ccccc1)C(=O)N1CCCC1C(=O)O. The second kappa shape index (κ2) is 6.52. The number of rotatable bonds is 5. The standard InChI is InChI=1S/C15H20N2O3/c16-12(9-8-11-5-2-1-3-6-11)14(18)17-10-4-7-13(17)15(19)20/h1-3,5-6,12-13H,4,7-10,16H2,(H,19,20)/t12-,13?/m0/s1. The Labute approximate surface area is 118 Å². The minimum Gasteiger partial charge on any atom is -0.480 e. The van der Waals surface area contributed by atoms with E-state index in [-0.39, 0.29) is 5.91 Å². The van der Waals surface area contributed by atoms with Crippen LogP contribution in [0.25, 0.3) is 0 Å². The van der Waals surface area contributed by atoms with Crippen molar-refractivity contribution in [3.8, 4) is 0 Å². The molecule has 0 aliphatic carbocycles. The van der Waals surface area contributed by atoms with Gasteiger partial charge >= 0.3 is 5.97 Å². The fourth-order valence-corrected chi connectivity index (χ4v) is 2.59. The third kappa shape index (κ3) is 3.36. The van der Waals surface area contributed by atoms with Gasteiger partial charge in [0.15, 0.2) is 0 Å². The molecule has 5 heteroatoms. The van der Waals surface area contributed by atoms with Crippen LogP contribution in [0.15, 0.2) is 30.3 Å². The lowest BCUT2D eigenvalue weighted by molar-refractivity contribution is -0.148. The molecule has 1 unspecified atom stereocenters. The molecule has 0 spiro atoms. The van der Waals surface area contributed by atoms with E-state index < -0.39 is 18.1 Å². The molecule has 1 aliphatic rings. The van der Waals surface area contributed by atoms with Crippen LogP contribution in [-0.4, -0.2) is 40.5 Å². The first-order valence-electron chi connectivity index (χ1n) is 6.92. The second-order valence-electron chi connectivity index (χ2n) is 5.16. The largest absolute Gasteiger partial charge is 0.480 e. The van der Waals surface area contributed by atoms with E-state index in [4.69, 9.17) is 10.8 Å². The van der Waals surface area contributed by atoms with Gasteiger partial charge in [-0.15, -0.1) is 0 Å². The summed E-state index contributed by atoms with van der Waals surface area (Å²) >= 11 is 0. The normalized spacial score (nSPS) is 19.9. The number of nitrogens with two attached hydrogens (primary N) is 1. The van der Waals surface area contributed by atoms with Gasteiger partial charge in [0.05, 0.1) is 6.04 Å². The van der Waals surface area contributed by atoms with Gasteiger partial charge in [0, 0.05) is 6.54 Å². The number of aryl methyl sites for hydroxylation is 1. The molecular weight excluding hydrogens is 256 g/mol. The van der Waals surface area contributed by atoms with Crippen LogP contribution in [0.3, 0.4) is 0 Å². The maximum Gasteiger partial charge on any atom is 0.326 e. The van der Waals surface area contributed by atoms with E-state index in [1.54, 1.807) is 0 Å². The van der Waals surface area contributed by atoms with Gasteiger partial charge in [-0.2, -0.15) is 0 Å². The molecule has 1 aromatic rings. The van der Waals surface area contributed by atoms with Crippen molar-refractivity contribution in [2.75, 3.05) is 6.54 Å². The molecule has 1 aromatic carbocycles. The first-order chi connectivity index (χ1) is 9.59. The second-order valence-corrected chi connectivity index (χ2v) is 5.16. The Kier molecular flexibility index (Phi) is 4.74. The Balaban J connectivity index is 1.90. The number of hydrogen-bond acceptors (Lipinski definition) is 3. The maximum absolute atomic E-state index is 12.2. The van der Waals surface area contributed by atoms with Crippen LogP contribution in [-0.2, 0) is 16.0 Å². The highest BCUT2D eigenvalue weighted by Gasteiger charge is 2.35. The van der Waals surface area contributed by atoms with Crippen molar-refractivity contribution in [2.45, 2.75) is 37.8 Å². The number of benzene rings is 1. The first kappa shape index (κ1) is 14.5. The van der Waals surface area contributed by atoms with E-state index >= 15 is 0 Å². The van der Waals surface area contributed by atoms with Gasteiger partial charge in [-0.3, -0.25) is 4.79 Å². The molecule has 0 aromatic heterocycles. The number of carboxylic acids is 1. The zero-order valence-electron chi connectivity index (χ0n) is 11.4. The number of hydrogen-bond donors (Lipinski definition) is 2. The van der Waals surface area contributed by atoms with Crippen molar-refractivity contribution in [1.82, 2.24) is 4.90 Å². The molecule has 20 heavy (non-hydrogen) atoms. The van der Waals surface area contributed by atoms with Crippen molar-refractivity contribution in [1.29, 1.82) is 0 Å². The third-order valence-electron chi connectivity index (χ3n) is 3.72. The predicted octanol–water partition coefficient (Wildman–Crippen LogP) is 1.02. The molecule has 1 amide bonds.